The Morgan fingerprint density at radius 1 is 1.55 bits per heavy atom. The summed E-state index contributed by atoms with van der Waals surface area (Å²) in [6.07, 6.45) is 3.02. The van der Waals surface area contributed by atoms with Gasteiger partial charge in [0.15, 0.2) is 0 Å². The van der Waals surface area contributed by atoms with Crippen LogP contribution in [0.1, 0.15) is 33.1 Å². The second kappa shape index (κ2) is 3.55. The quantitative estimate of drug-likeness (QED) is 0.644. The summed E-state index contributed by atoms with van der Waals surface area (Å²) >= 11 is 0. The molecule has 1 unspecified atom stereocenters. The molecule has 11 heavy (non-hydrogen) atoms. The van der Waals surface area contributed by atoms with E-state index in [1.165, 1.54) is 0 Å². The van der Waals surface area contributed by atoms with Crippen molar-refractivity contribution in [3.05, 3.63) is 0 Å². The predicted octanol–water partition coefficient (Wildman–Crippen LogP) is 1.15. The molecule has 0 amide bonds. The van der Waals surface area contributed by atoms with Gasteiger partial charge in [0.05, 0.1) is 5.60 Å². The number of β-amino-alcohol motifs (C(OH)–C–C–N with tert-alkyl or cyclic N) is 1. The molecule has 66 valence electrons. The summed E-state index contributed by atoms with van der Waals surface area (Å²) in [5, 5.41) is 13.1. The van der Waals surface area contributed by atoms with E-state index < -0.39 is 0 Å². The van der Waals surface area contributed by atoms with Gasteiger partial charge >= 0.3 is 0 Å². The van der Waals surface area contributed by atoms with E-state index in [9.17, 15) is 5.11 Å². The van der Waals surface area contributed by atoms with Crippen LogP contribution in [0.2, 0.25) is 0 Å². The van der Waals surface area contributed by atoms with Crippen molar-refractivity contribution in [3.8, 4) is 0 Å². The van der Waals surface area contributed by atoms with E-state index in [2.05, 4.69) is 19.2 Å². The van der Waals surface area contributed by atoms with Crippen molar-refractivity contribution < 1.29 is 5.11 Å². The summed E-state index contributed by atoms with van der Waals surface area (Å²) in [6.45, 7) is 6.17. The van der Waals surface area contributed by atoms with Crippen molar-refractivity contribution in [1.82, 2.24) is 5.32 Å². The van der Waals surface area contributed by atoms with Crippen LogP contribution in [0, 0.1) is 5.92 Å². The molecule has 0 saturated carbocycles. The highest BCUT2D eigenvalue weighted by molar-refractivity contribution is 4.87. The molecule has 1 saturated heterocycles. The first-order valence-corrected chi connectivity index (χ1v) is 4.55. The first-order chi connectivity index (χ1) is 5.12. The zero-order valence-corrected chi connectivity index (χ0v) is 7.56. The van der Waals surface area contributed by atoms with E-state index in [4.69, 9.17) is 0 Å². The fourth-order valence-electron chi connectivity index (χ4n) is 1.50. The molecule has 1 atom stereocenters. The number of hydrogen-bond acceptors (Lipinski definition) is 2. The van der Waals surface area contributed by atoms with Gasteiger partial charge in [-0.1, -0.05) is 13.8 Å². The van der Waals surface area contributed by atoms with Crippen molar-refractivity contribution in [1.29, 1.82) is 0 Å². The van der Waals surface area contributed by atoms with Crippen molar-refractivity contribution in [2.75, 3.05) is 13.1 Å². The normalized spacial score (nSPS) is 31.6. The topological polar surface area (TPSA) is 32.3 Å². The summed E-state index contributed by atoms with van der Waals surface area (Å²) < 4.78 is 0. The number of aliphatic hydroxyl groups is 1. The van der Waals surface area contributed by atoms with Gasteiger partial charge in [0, 0.05) is 6.54 Å². The zero-order valence-electron chi connectivity index (χ0n) is 7.56. The zero-order chi connectivity index (χ0) is 8.32. The molecule has 2 N–H and O–H groups in total. The van der Waals surface area contributed by atoms with Gasteiger partial charge in [-0.25, -0.2) is 0 Å². The standard InChI is InChI=1S/C9H19NO/c1-8(2)3-4-9(11)5-6-10-7-9/h8,10-11H,3-7H2,1-2H3. The average molecular weight is 157 g/mol. The minimum atomic E-state index is -0.385. The molecule has 0 spiro atoms. The van der Waals surface area contributed by atoms with E-state index in [1.54, 1.807) is 0 Å². The molecular formula is C9H19NO. The summed E-state index contributed by atoms with van der Waals surface area (Å²) in [4.78, 5) is 0. The SMILES string of the molecule is CC(C)CCC1(O)CCNC1. The monoisotopic (exact) mass is 157 g/mol. The predicted molar refractivity (Wildman–Crippen MR) is 46.5 cm³/mol. The third-order valence-electron chi connectivity index (χ3n) is 2.41. The van der Waals surface area contributed by atoms with Crippen molar-refractivity contribution >= 4 is 0 Å². The second-order valence-electron chi connectivity index (χ2n) is 4.08. The van der Waals surface area contributed by atoms with Crippen LogP contribution in [-0.4, -0.2) is 23.8 Å². The average Bonchev–Trinajstić information content (AvgIpc) is 2.33. The fraction of sp³-hybridized carbons (Fsp3) is 1.00. The maximum absolute atomic E-state index is 9.88. The van der Waals surface area contributed by atoms with Crippen LogP contribution in [0.5, 0.6) is 0 Å². The van der Waals surface area contributed by atoms with Gasteiger partial charge in [0.2, 0.25) is 0 Å². The largest absolute Gasteiger partial charge is 0.389 e. The first-order valence-electron chi connectivity index (χ1n) is 4.55. The maximum atomic E-state index is 9.88. The van der Waals surface area contributed by atoms with Gasteiger partial charge in [0.25, 0.3) is 0 Å². The molecule has 1 fully saturated rings. The van der Waals surface area contributed by atoms with E-state index in [0.717, 1.165) is 32.4 Å². The van der Waals surface area contributed by atoms with Gasteiger partial charge in [0.1, 0.15) is 0 Å². The van der Waals surface area contributed by atoms with Gasteiger partial charge in [-0.2, -0.15) is 0 Å². The minimum absolute atomic E-state index is 0.385. The van der Waals surface area contributed by atoms with Crippen molar-refractivity contribution in [2.45, 2.75) is 38.7 Å². The molecule has 1 aliphatic rings. The maximum Gasteiger partial charge on any atom is 0.0783 e. The molecule has 0 aromatic carbocycles. The van der Waals surface area contributed by atoms with E-state index in [0.29, 0.717) is 5.92 Å². The van der Waals surface area contributed by atoms with Crippen LogP contribution in [0.3, 0.4) is 0 Å². The molecule has 0 bridgehead atoms. The highest BCUT2D eigenvalue weighted by atomic mass is 16.3. The highest BCUT2D eigenvalue weighted by Crippen LogP contribution is 2.22. The molecule has 1 aliphatic heterocycles. The third-order valence-corrected chi connectivity index (χ3v) is 2.41. The Morgan fingerprint density at radius 3 is 2.73 bits per heavy atom. The highest BCUT2D eigenvalue weighted by Gasteiger charge is 2.30. The van der Waals surface area contributed by atoms with Crippen molar-refractivity contribution in [3.63, 3.8) is 0 Å². The molecule has 1 rings (SSSR count). The number of hydrogen-bond donors (Lipinski definition) is 2. The second-order valence-corrected chi connectivity index (χ2v) is 4.08. The molecule has 1 heterocycles. The Balaban J connectivity index is 2.23. The molecular weight excluding hydrogens is 138 g/mol. The van der Waals surface area contributed by atoms with Crippen molar-refractivity contribution in [2.24, 2.45) is 5.92 Å². The first kappa shape index (κ1) is 9.01. The molecule has 0 aliphatic carbocycles. The molecule has 0 radical (unpaired) electrons. The van der Waals surface area contributed by atoms with E-state index >= 15 is 0 Å². The Morgan fingerprint density at radius 2 is 2.27 bits per heavy atom. The lowest BCUT2D eigenvalue weighted by Crippen LogP contribution is -2.31. The Labute approximate surface area is 69.0 Å². The lowest BCUT2D eigenvalue weighted by Gasteiger charge is -2.21. The summed E-state index contributed by atoms with van der Waals surface area (Å²) in [5.74, 6) is 0.708. The minimum Gasteiger partial charge on any atom is -0.389 e. The van der Waals surface area contributed by atoms with Crippen LogP contribution in [0.25, 0.3) is 0 Å². The van der Waals surface area contributed by atoms with Crippen LogP contribution < -0.4 is 5.32 Å². The number of rotatable bonds is 3. The molecule has 2 nitrogen and oxygen atoms in total. The van der Waals surface area contributed by atoms with Crippen LogP contribution in [0.15, 0.2) is 0 Å². The lowest BCUT2D eigenvalue weighted by atomic mass is 9.93. The van der Waals surface area contributed by atoms with Crippen LogP contribution in [0.4, 0.5) is 0 Å². The van der Waals surface area contributed by atoms with Gasteiger partial charge in [-0.3, -0.25) is 0 Å². The third kappa shape index (κ3) is 2.80. The summed E-state index contributed by atoms with van der Waals surface area (Å²) in [5.41, 5.74) is -0.385. The Bertz CT molecular complexity index is 117. The van der Waals surface area contributed by atoms with E-state index in [-0.39, 0.29) is 5.60 Å². The Hall–Kier alpha value is -0.0800. The summed E-state index contributed by atoms with van der Waals surface area (Å²) in [6, 6.07) is 0. The Kier molecular flexibility index (Phi) is 2.90. The molecule has 0 aromatic rings. The molecule has 0 aromatic heterocycles. The van der Waals surface area contributed by atoms with Crippen LogP contribution in [-0.2, 0) is 0 Å². The van der Waals surface area contributed by atoms with Gasteiger partial charge in [-0.15, -0.1) is 0 Å². The fourth-order valence-corrected chi connectivity index (χ4v) is 1.50. The lowest BCUT2D eigenvalue weighted by molar-refractivity contribution is 0.0468. The van der Waals surface area contributed by atoms with E-state index in [1.807, 2.05) is 0 Å². The molecule has 2 heteroatoms. The summed E-state index contributed by atoms with van der Waals surface area (Å²) in [7, 11) is 0. The van der Waals surface area contributed by atoms with Crippen LogP contribution >= 0.6 is 0 Å². The smallest absolute Gasteiger partial charge is 0.0783 e. The van der Waals surface area contributed by atoms with Gasteiger partial charge in [-0.05, 0) is 31.7 Å². The van der Waals surface area contributed by atoms with Gasteiger partial charge < -0.3 is 10.4 Å². The number of nitrogens with one attached hydrogen (secondary N) is 1.